The molecule has 1 amide bonds. The van der Waals surface area contributed by atoms with Gasteiger partial charge in [-0.05, 0) is 56.1 Å². The van der Waals surface area contributed by atoms with Crippen LogP contribution in [0.1, 0.15) is 47.7 Å². The molecule has 2 aromatic carbocycles. The molecular formula is C22H28N2O2. The zero-order chi connectivity index (χ0) is 18.2. The summed E-state index contributed by atoms with van der Waals surface area (Å²) in [6.45, 7) is 6.41. The summed E-state index contributed by atoms with van der Waals surface area (Å²) in [5, 5.41) is 2.99. The van der Waals surface area contributed by atoms with Gasteiger partial charge in [0.25, 0.3) is 5.91 Å². The minimum Gasteiger partial charge on any atom is -0.493 e. The zero-order valence-electron chi connectivity index (χ0n) is 15.5. The van der Waals surface area contributed by atoms with Crippen LogP contribution in [0.5, 0.6) is 5.75 Å². The number of benzene rings is 2. The average molecular weight is 352 g/mol. The van der Waals surface area contributed by atoms with Crippen molar-refractivity contribution in [3.05, 3.63) is 65.2 Å². The van der Waals surface area contributed by atoms with Gasteiger partial charge in [0.15, 0.2) is 0 Å². The molecule has 1 saturated heterocycles. The number of hydrogen-bond acceptors (Lipinski definition) is 3. The minimum absolute atomic E-state index is 0.105. The third-order valence-electron chi connectivity index (χ3n) is 4.76. The van der Waals surface area contributed by atoms with Crippen LogP contribution in [-0.2, 0) is 13.1 Å². The van der Waals surface area contributed by atoms with Crippen LogP contribution < -0.4 is 10.1 Å². The molecule has 0 aromatic heterocycles. The highest BCUT2D eigenvalue weighted by atomic mass is 16.5. The molecule has 2 aromatic rings. The number of carbonyl (C=O) groups excluding carboxylic acids is 1. The number of nitrogens with one attached hydrogen (secondary N) is 1. The molecule has 0 aliphatic carbocycles. The van der Waals surface area contributed by atoms with E-state index in [9.17, 15) is 4.79 Å². The fourth-order valence-corrected chi connectivity index (χ4v) is 3.35. The Morgan fingerprint density at radius 1 is 1.00 bits per heavy atom. The molecule has 0 unspecified atom stereocenters. The van der Waals surface area contributed by atoms with Crippen molar-refractivity contribution < 1.29 is 9.53 Å². The van der Waals surface area contributed by atoms with Crippen LogP contribution in [0.3, 0.4) is 0 Å². The van der Waals surface area contributed by atoms with Gasteiger partial charge < -0.3 is 10.1 Å². The molecule has 1 N–H and O–H groups in total. The van der Waals surface area contributed by atoms with Crippen LogP contribution in [-0.4, -0.2) is 30.5 Å². The van der Waals surface area contributed by atoms with Crippen molar-refractivity contribution in [1.29, 1.82) is 0 Å². The number of carbonyl (C=O) groups is 1. The topological polar surface area (TPSA) is 41.6 Å². The second kappa shape index (κ2) is 9.39. The van der Waals surface area contributed by atoms with Gasteiger partial charge in [0.05, 0.1) is 12.2 Å². The lowest BCUT2D eigenvalue weighted by atomic mass is 10.1. The van der Waals surface area contributed by atoms with Gasteiger partial charge in [0, 0.05) is 13.1 Å². The molecule has 4 heteroatoms. The van der Waals surface area contributed by atoms with E-state index in [1.54, 1.807) is 6.07 Å². The number of hydrogen-bond donors (Lipinski definition) is 1. The summed E-state index contributed by atoms with van der Waals surface area (Å²) in [5.74, 6) is 0.524. The van der Waals surface area contributed by atoms with Crippen LogP contribution in [0.15, 0.2) is 48.5 Å². The molecule has 0 spiro atoms. The van der Waals surface area contributed by atoms with Gasteiger partial charge in [0.2, 0.25) is 0 Å². The highest BCUT2D eigenvalue weighted by Crippen LogP contribution is 2.18. The monoisotopic (exact) mass is 352 g/mol. The number of likely N-dealkylation sites (tertiary alicyclic amines) is 1. The minimum atomic E-state index is -0.105. The van der Waals surface area contributed by atoms with Crippen LogP contribution >= 0.6 is 0 Å². The Bertz CT molecular complexity index is 706. The van der Waals surface area contributed by atoms with Crippen molar-refractivity contribution in [2.24, 2.45) is 0 Å². The second-order valence-electron chi connectivity index (χ2n) is 6.77. The van der Waals surface area contributed by atoms with E-state index in [0.717, 1.165) is 12.1 Å². The first-order valence-corrected chi connectivity index (χ1v) is 9.56. The Hall–Kier alpha value is -2.33. The third-order valence-corrected chi connectivity index (χ3v) is 4.76. The van der Waals surface area contributed by atoms with Gasteiger partial charge >= 0.3 is 0 Å². The van der Waals surface area contributed by atoms with Gasteiger partial charge in [-0.1, -0.05) is 42.8 Å². The van der Waals surface area contributed by atoms with E-state index in [-0.39, 0.29) is 5.91 Å². The highest BCUT2D eigenvalue weighted by Gasteiger charge is 2.12. The molecule has 1 aliphatic heterocycles. The van der Waals surface area contributed by atoms with Crippen LogP contribution in [0.25, 0.3) is 0 Å². The van der Waals surface area contributed by atoms with E-state index in [1.165, 1.54) is 37.9 Å². The molecule has 1 aliphatic rings. The summed E-state index contributed by atoms with van der Waals surface area (Å²) in [4.78, 5) is 15.0. The summed E-state index contributed by atoms with van der Waals surface area (Å²) >= 11 is 0. The average Bonchev–Trinajstić information content (AvgIpc) is 2.69. The van der Waals surface area contributed by atoms with Gasteiger partial charge in [-0.2, -0.15) is 0 Å². The molecule has 3 rings (SSSR count). The standard InChI is InChI=1S/C22H28N2O2/c1-2-26-21-9-5-4-8-20(21)22(25)23-16-18-10-12-19(13-11-18)17-24-14-6-3-7-15-24/h4-5,8-13H,2-3,6-7,14-17H2,1H3,(H,23,25). The van der Waals surface area contributed by atoms with E-state index in [2.05, 4.69) is 34.5 Å². The van der Waals surface area contributed by atoms with Crippen molar-refractivity contribution in [2.75, 3.05) is 19.7 Å². The zero-order valence-corrected chi connectivity index (χ0v) is 15.5. The van der Waals surface area contributed by atoms with Crippen LogP contribution in [0.2, 0.25) is 0 Å². The highest BCUT2D eigenvalue weighted by molar-refractivity contribution is 5.96. The fraction of sp³-hybridized carbons (Fsp3) is 0.409. The number of rotatable bonds is 7. The lowest BCUT2D eigenvalue weighted by molar-refractivity contribution is 0.0947. The number of ether oxygens (including phenoxy) is 1. The van der Waals surface area contributed by atoms with Crippen molar-refractivity contribution in [3.8, 4) is 5.75 Å². The normalized spacial score (nSPS) is 14.8. The van der Waals surface area contributed by atoms with Crippen LogP contribution in [0.4, 0.5) is 0 Å². The molecule has 138 valence electrons. The SMILES string of the molecule is CCOc1ccccc1C(=O)NCc1ccc(CN2CCCCC2)cc1. The maximum atomic E-state index is 12.4. The van der Waals surface area contributed by atoms with E-state index < -0.39 is 0 Å². The molecular weight excluding hydrogens is 324 g/mol. The molecule has 1 heterocycles. The van der Waals surface area contributed by atoms with E-state index >= 15 is 0 Å². The van der Waals surface area contributed by atoms with E-state index in [0.29, 0.717) is 24.5 Å². The van der Waals surface area contributed by atoms with Crippen LogP contribution in [0, 0.1) is 0 Å². The third kappa shape index (κ3) is 5.09. The first-order chi connectivity index (χ1) is 12.8. The number of piperidine rings is 1. The quantitative estimate of drug-likeness (QED) is 0.819. The number of amides is 1. The number of para-hydroxylation sites is 1. The molecule has 0 saturated carbocycles. The second-order valence-corrected chi connectivity index (χ2v) is 6.77. The lowest BCUT2D eigenvalue weighted by Gasteiger charge is -2.26. The summed E-state index contributed by atoms with van der Waals surface area (Å²) in [7, 11) is 0. The molecule has 0 radical (unpaired) electrons. The van der Waals surface area contributed by atoms with Crippen molar-refractivity contribution >= 4 is 5.91 Å². The molecule has 4 nitrogen and oxygen atoms in total. The maximum Gasteiger partial charge on any atom is 0.255 e. The molecule has 26 heavy (non-hydrogen) atoms. The Morgan fingerprint density at radius 2 is 1.69 bits per heavy atom. The van der Waals surface area contributed by atoms with Gasteiger partial charge in [-0.15, -0.1) is 0 Å². The Kier molecular flexibility index (Phi) is 6.67. The number of nitrogens with zero attached hydrogens (tertiary/aromatic N) is 1. The van der Waals surface area contributed by atoms with E-state index in [4.69, 9.17) is 4.74 Å². The summed E-state index contributed by atoms with van der Waals surface area (Å²) in [6, 6.07) is 15.9. The van der Waals surface area contributed by atoms with Gasteiger partial charge in [0.1, 0.15) is 5.75 Å². The fourth-order valence-electron chi connectivity index (χ4n) is 3.35. The van der Waals surface area contributed by atoms with Crippen molar-refractivity contribution in [1.82, 2.24) is 10.2 Å². The molecule has 1 fully saturated rings. The van der Waals surface area contributed by atoms with Gasteiger partial charge in [-0.3, -0.25) is 9.69 Å². The Labute approximate surface area is 156 Å². The maximum absolute atomic E-state index is 12.4. The summed E-state index contributed by atoms with van der Waals surface area (Å²) in [5.41, 5.74) is 3.02. The van der Waals surface area contributed by atoms with Crippen molar-refractivity contribution in [3.63, 3.8) is 0 Å². The summed E-state index contributed by atoms with van der Waals surface area (Å²) in [6.07, 6.45) is 3.99. The predicted octanol–water partition coefficient (Wildman–Crippen LogP) is 4.00. The lowest BCUT2D eigenvalue weighted by Crippen LogP contribution is -2.29. The predicted molar refractivity (Wildman–Crippen MR) is 104 cm³/mol. The first kappa shape index (κ1) is 18.5. The van der Waals surface area contributed by atoms with Gasteiger partial charge in [-0.25, -0.2) is 0 Å². The van der Waals surface area contributed by atoms with E-state index in [1.807, 2.05) is 25.1 Å². The molecule has 0 bridgehead atoms. The Balaban J connectivity index is 1.53. The first-order valence-electron chi connectivity index (χ1n) is 9.56. The summed E-state index contributed by atoms with van der Waals surface area (Å²) < 4.78 is 5.53. The Morgan fingerprint density at radius 3 is 2.42 bits per heavy atom. The van der Waals surface area contributed by atoms with Crippen molar-refractivity contribution in [2.45, 2.75) is 39.3 Å². The smallest absolute Gasteiger partial charge is 0.255 e. The largest absolute Gasteiger partial charge is 0.493 e. The molecule has 0 atom stereocenters.